The molecule has 1 atom stereocenters. The SMILES string of the molecule is CC(C)C[C@H](NC(=O)N1CCOCC1)c1cccnc1. The molecule has 1 aliphatic rings. The van der Waals surface area contributed by atoms with E-state index in [1.54, 1.807) is 6.20 Å². The summed E-state index contributed by atoms with van der Waals surface area (Å²) in [5.41, 5.74) is 1.06. The van der Waals surface area contributed by atoms with Crippen LogP contribution in [0.3, 0.4) is 0 Å². The van der Waals surface area contributed by atoms with Crippen LogP contribution in [0.25, 0.3) is 0 Å². The van der Waals surface area contributed by atoms with Crippen molar-refractivity contribution in [3.63, 3.8) is 0 Å². The first-order valence-corrected chi connectivity index (χ1v) is 7.20. The Morgan fingerprint density at radius 2 is 2.20 bits per heavy atom. The first kappa shape index (κ1) is 14.8. The molecule has 2 heterocycles. The van der Waals surface area contributed by atoms with Crippen LogP contribution < -0.4 is 5.32 Å². The average molecular weight is 277 g/mol. The Morgan fingerprint density at radius 3 is 2.80 bits per heavy atom. The first-order chi connectivity index (χ1) is 9.66. The maximum absolute atomic E-state index is 12.3. The minimum atomic E-state index is -0.0113. The largest absolute Gasteiger partial charge is 0.378 e. The van der Waals surface area contributed by atoms with Gasteiger partial charge in [0.2, 0.25) is 0 Å². The maximum Gasteiger partial charge on any atom is 0.318 e. The number of carbonyl (C=O) groups is 1. The second-order valence-corrected chi connectivity index (χ2v) is 5.52. The van der Waals surface area contributed by atoms with E-state index < -0.39 is 0 Å². The molecule has 0 aliphatic carbocycles. The van der Waals surface area contributed by atoms with Crippen LogP contribution in [-0.4, -0.2) is 42.2 Å². The topological polar surface area (TPSA) is 54.5 Å². The highest BCUT2D eigenvalue weighted by molar-refractivity contribution is 5.74. The van der Waals surface area contributed by atoms with Crippen LogP contribution in [0.2, 0.25) is 0 Å². The van der Waals surface area contributed by atoms with Gasteiger partial charge in [0.05, 0.1) is 19.3 Å². The molecule has 1 N–H and O–H groups in total. The number of pyridine rings is 1. The number of aromatic nitrogens is 1. The number of urea groups is 1. The zero-order valence-corrected chi connectivity index (χ0v) is 12.2. The predicted octanol–water partition coefficient (Wildman–Crippen LogP) is 2.21. The van der Waals surface area contributed by atoms with Crippen LogP contribution in [0.1, 0.15) is 31.9 Å². The number of nitrogens with one attached hydrogen (secondary N) is 1. The van der Waals surface area contributed by atoms with E-state index in [1.165, 1.54) is 0 Å². The van der Waals surface area contributed by atoms with Crippen molar-refractivity contribution in [1.29, 1.82) is 0 Å². The summed E-state index contributed by atoms with van der Waals surface area (Å²) in [6.07, 6.45) is 4.48. The van der Waals surface area contributed by atoms with Crippen molar-refractivity contribution in [3.05, 3.63) is 30.1 Å². The fourth-order valence-electron chi connectivity index (χ4n) is 2.34. The van der Waals surface area contributed by atoms with E-state index in [4.69, 9.17) is 4.74 Å². The molecule has 0 spiro atoms. The van der Waals surface area contributed by atoms with Gasteiger partial charge >= 0.3 is 6.03 Å². The van der Waals surface area contributed by atoms with Gasteiger partial charge in [0, 0.05) is 25.5 Å². The third-order valence-electron chi connectivity index (χ3n) is 3.39. The van der Waals surface area contributed by atoms with Crippen molar-refractivity contribution < 1.29 is 9.53 Å². The fraction of sp³-hybridized carbons (Fsp3) is 0.600. The Morgan fingerprint density at radius 1 is 1.45 bits per heavy atom. The number of hydrogen-bond donors (Lipinski definition) is 1. The van der Waals surface area contributed by atoms with E-state index in [1.807, 2.05) is 23.2 Å². The molecule has 2 amide bonds. The van der Waals surface area contributed by atoms with Crippen LogP contribution >= 0.6 is 0 Å². The quantitative estimate of drug-likeness (QED) is 0.918. The lowest BCUT2D eigenvalue weighted by Crippen LogP contribution is -2.47. The van der Waals surface area contributed by atoms with Crippen LogP contribution in [-0.2, 0) is 4.74 Å². The Kier molecular flexibility index (Phi) is 5.35. The van der Waals surface area contributed by atoms with Gasteiger partial charge < -0.3 is 15.0 Å². The van der Waals surface area contributed by atoms with Crippen LogP contribution in [0.4, 0.5) is 4.79 Å². The van der Waals surface area contributed by atoms with Crippen LogP contribution in [0.5, 0.6) is 0 Å². The van der Waals surface area contributed by atoms with Crippen molar-refractivity contribution in [2.45, 2.75) is 26.3 Å². The standard InChI is InChI=1S/C15H23N3O2/c1-12(2)10-14(13-4-3-5-16-11-13)17-15(19)18-6-8-20-9-7-18/h3-5,11-12,14H,6-10H2,1-2H3,(H,17,19)/t14-/m0/s1. The Labute approximate surface area is 120 Å². The van der Waals surface area contributed by atoms with Gasteiger partial charge in [-0.2, -0.15) is 0 Å². The van der Waals surface area contributed by atoms with Crippen LogP contribution in [0, 0.1) is 5.92 Å². The molecule has 0 radical (unpaired) electrons. The predicted molar refractivity (Wildman–Crippen MR) is 77.4 cm³/mol. The summed E-state index contributed by atoms with van der Waals surface area (Å²) in [4.78, 5) is 18.3. The monoisotopic (exact) mass is 277 g/mol. The highest BCUT2D eigenvalue weighted by Crippen LogP contribution is 2.20. The molecule has 1 aromatic heterocycles. The first-order valence-electron chi connectivity index (χ1n) is 7.20. The molecule has 2 rings (SSSR count). The van der Waals surface area contributed by atoms with E-state index >= 15 is 0 Å². The van der Waals surface area contributed by atoms with Crippen molar-refractivity contribution in [2.75, 3.05) is 26.3 Å². The lowest BCUT2D eigenvalue weighted by atomic mass is 9.98. The van der Waals surface area contributed by atoms with Crippen LogP contribution in [0.15, 0.2) is 24.5 Å². The minimum absolute atomic E-state index is 0.0113. The number of morpholine rings is 1. The number of ether oxygens (including phenoxy) is 1. The Bertz CT molecular complexity index is 416. The second kappa shape index (κ2) is 7.24. The summed E-state index contributed by atoms with van der Waals surface area (Å²) < 4.78 is 5.27. The van der Waals surface area contributed by atoms with Crippen molar-refractivity contribution in [3.8, 4) is 0 Å². The summed E-state index contributed by atoms with van der Waals surface area (Å²) in [6.45, 7) is 6.87. The molecule has 0 unspecified atom stereocenters. The van der Waals surface area contributed by atoms with Crippen molar-refractivity contribution in [1.82, 2.24) is 15.2 Å². The van der Waals surface area contributed by atoms with E-state index in [9.17, 15) is 4.79 Å². The zero-order chi connectivity index (χ0) is 14.4. The van der Waals surface area contributed by atoms with E-state index in [2.05, 4.69) is 24.1 Å². The summed E-state index contributed by atoms with van der Waals surface area (Å²) in [5.74, 6) is 0.505. The van der Waals surface area contributed by atoms with Gasteiger partial charge in [-0.1, -0.05) is 19.9 Å². The third kappa shape index (κ3) is 4.20. The van der Waals surface area contributed by atoms with E-state index in [0.717, 1.165) is 12.0 Å². The third-order valence-corrected chi connectivity index (χ3v) is 3.39. The average Bonchev–Trinajstić information content (AvgIpc) is 2.48. The zero-order valence-electron chi connectivity index (χ0n) is 12.2. The molecule has 110 valence electrons. The van der Waals surface area contributed by atoms with Gasteiger partial charge in [0.15, 0.2) is 0 Å². The molecule has 1 fully saturated rings. The highest BCUT2D eigenvalue weighted by atomic mass is 16.5. The number of rotatable bonds is 4. The maximum atomic E-state index is 12.3. The molecule has 1 aromatic rings. The van der Waals surface area contributed by atoms with Gasteiger partial charge in [-0.3, -0.25) is 4.98 Å². The molecular formula is C15H23N3O2. The molecule has 0 bridgehead atoms. The van der Waals surface area contributed by atoms with Gasteiger partial charge in [0.25, 0.3) is 0 Å². The van der Waals surface area contributed by atoms with Gasteiger partial charge in [-0.05, 0) is 24.0 Å². The van der Waals surface area contributed by atoms with Gasteiger partial charge in [0.1, 0.15) is 0 Å². The lowest BCUT2D eigenvalue weighted by molar-refractivity contribution is 0.0523. The summed E-state index contributed by atoms with van der Waals surface area (Å²) in [6, 6.07) is 3.92. The molecule has 1 saturated heterocycles. The molecule has 20 heavy (non-hydrogen) atoms. The molecule has 5 nitrogen and oxygen atoms in total. The fourth-order valence-corrected chi connectivity index (χ4v) is 2.34. The summed E-state index contributed by atoms with van der Waals surface area (Å²) in [5, 5.41) is 3.13. The molecule has 5 heteroatoms. The molecule has 0 saturated carbocycles. The van der Waals surface area contributed by atoms with Gasteiger partial charge in [-0.25, -0.2) is 4.79 Å². The van der Waals surface area contributed by atoms with Crippen molar-refractivity contribution in [2.24, 2.45) is 5.92 Å². The normalized spacial score (nSPS) is 17.1. The molecule has 0 aromatic carbocycles. The molecular weight excluding hydrogens is 254 g/mol. The summed E-state index contributed by atoms with van der Waals surface area (Å²) >= 11 is 0. The number of hydrogen-bond acceptors (Lipinski definition) is 3. The van der Waals surface area contributed by atoms with E-state index in [-0.39, 0.29) is 12.1 Å². The Hall–Kier alpha value is -1.62. The molecule has 1 aliphatic heterocycles. The minimum Gasteiger partial charge on any atom is -0.378 e. The number of nitrogens with zero attached hydrogens (tertiary/aromatic N) is 2. The summed E-state index contributed by atoms with van der Waals surface area (Å²) in [7, 11) is 0. The highest BCUT2D eigenvalue weighted by Gasteiger charge is 2.21. The van der Waals surface area contributed by atoms with Crippen molar-refractivity contribution >= 4 is 6.03 Å². The lowest BCUT2D eigenvalue weighted by Gasteiger charge is -2.30. The smallest absolute Gasteiger partial charge is 0.318 e. The number of carbonyl (C=O) groups excluding carboxylic acids is 1. The second-order valence-electron chi connectivity index (χ2n) is 5.52. The van der Waals surface area contributed by atoms with E-state index in [0.29, 0.717) is 32.2 Å². The Balaban J connectivity index is 2.01. The van der Waals surface area contributed by atoms with Gasteiger partial charge in [-0.15, -0.1) is 0 Å². The number of amides is 2.